The van der Waals surface area contributed by atoms with E-state index in [-0.39, 0.29) is 23.9 Å². The summed E-state index contributed by atoms with van der Waals surface area (Å²) >= 11 is 0. The third kappa shape index (κ3) is 7.08. The van der Waals surface area contributed by atoms with E-state index in [1.165, 1.54) is 23.3 Å². The summed E-state index contributed by atoms with van der Waals surface area (Å²) in [4.78, 5) is 5.43. The summed E-state index contributed by atoms with van der Waals surface area (Å²) in [6.45, 7) is 6.89. The molecule has 3 rings (SSSR count). The SMILES string of the molecule is CON(C)C1CCC(NC[C@@H](O)[C@@H](N)Cc2cc(F)cc(F)c2)(c2cccc(C(C)(C)C)c2)CC1. The number of rotatable bonds is 9. The molecule has 5 nitrogen and oxygen atoms in total. The average Bonchev–Trinajstić information content (AvgIpc) is 2.81. The largest absolute Gasteiger partial charge is 0.390 e. The zero-order valence-corrected chi connectivity index (χ0v) is 21.7. The summed E-state index contributed by atoms with van der Waals surface area (Å²) in [5.41, 5.74) is 8.86. The molecule has 0 amide bonds. The molecule has 1 saturated carbocycles. The number of aliphatic hydroxyl groups is 1. The van der Waals surface area contributed by atoms with Gasteiger partial charge in [0.15, 0.2) is 0 Å². The van der Waals surface area contributed by atoms with Gasteiger partial charge in [0.1, 0.15) is 11.6 Å². The highest BCUT2D eigenvalue weighted by Gasteiger charge is 2.39. The first kappa shape index (κ1) is 27.7. The maximum atomic E-state index is 13.6. The number of hydrogen-bond acceptors (Lipinski definition) is 5. The number of benzene rings is 2. The van der Waals surface area contributed by atoms with Gasteiger partial charge < -0.3 is 21.0 Å². The van der Waals surface area contributed by atoms with Gasteiger partial charge in [0.2, 0.25) is 0 Å². The van der Waals surface area contributed by atoms with E-state index in [9.17, 15) is 13.9 Å². The van der Waals surface area contributed by atoms with Crippen LogP contribution in [0.3, 0.4) is 0 Å². The molecule has 4 N–H and O–H groups in total. The van der Waals surface area contributed by atoms with Crippen LogP contribution in [0.4, 0.5) is 8.78 Å². The maximum Gasteiger partial charge on any atom is 0.126 e. The van der Waals surface area contributed by atoms with Crippen molar-refractivity contribution < 1.29 is 18.7 Å². The third-order valence-corrected chi connectivity index (χ3v) is 7.43. The summed E-state index contributed by atoms with van der Waals surface area (Å²) in [7, 11) is 3.65. The van der Waals surface area contributed by atoms with E-state index in [1.54, 1.807) is 7.11 Å². The van der Waals surface area contributed by atoms with Crippen LogP contribution < -0.4 is 11.1 Å². The lowest BCUT2D eigenvalue weighted by Crippen LogP contribution is -2.53. The van der Waals surface area contributed by atoms with Crippen LogP contribution in [0.5, 0.6) is 0 Å². The molecule has 0 spiro atoms. The molecule has 2 atom stereocenters. The molecule has 1 aliphatic rings. The van der Waals surface area contributed by atoms with Crippen LogP contribution in [0.15, 0.2) is 42.5 Å². The first-order valence-electron chi connectivity index (χ1n) is 12.4. The van der Waals surface area contributed by atoms with Gasteiger partial charge in [0, 0.05) is 37.3 Å². The quantitative estimate of drug-likeness (QED) is 0.455. The van der Waals surface area contributed by atoms with E-state index < -0.39 is 23.8 Å². The normalized spacial score (nSPS) is 22.9. The fourth-order valence-electron chi connectivity index (χ4n) is 5.05. The molecule has 0 heterocycles. The van der Waals surface area contributed by atoms with Crippen molar-refractivity contribution in [3.63, 3.8) is 0 Å². The highest BCUT2D eigenvalue weighted by atomic mass is 19.1. The number of hydroxylamine groups is 2. The molecule has 0 aliphatic heterocycles. The van der Waals surface area contributed by atoms with Crippen LogP contribution in [0.2, 0.25) is 0 Å². The fraction of sp³-hybridized carbons (Fsp3) is 0.571. The minimum atomic E-state index is -0.872. The summed E-state index contributed by atoms with van der Waals surface area (Å²) in [5.74, 6) is -1.29. The molecule has 1 fully saturated rings. The monoisotopic (exact) mass is 489 g/mol. The van der Waals surface area contributed by atoms with Crippen molar-refractivity contribution in [2.75, 3.05) is 20.7 Å². The van der Waals surface area contributed by atoms with Crippen molar-refractivity contribution in [1.82, 2.24) is 10.4 Å². The summed E-state index contributed by atoms with van der Waals surface area (Å²) < 4.78 is 27.1. The Labute approximate surface area is 208 Å². The van der Waals surface area contributed by atoms with Crippen molar-refractivity contribution in [2.24, 2.45) is 5.73 Å². The summed E-state index contributed by atoms with van der Waals surface area (Å²) in [6, 6.07) is 11.7. The Morgan fingerprint density at radius 2 is 1.77 bits per heavy atom. The molecular weight excluding hydrogens is 448 g/mol. The smallest absolute Gasteiger partial charge is 0.126 e. The molecular formula is C28H41F2N3O2. The van der Waals surface area contributed by atoms with Gasteiger partial charge in [-0.25, -0.2) is 8.78 Å². The van der Waals surface area contributed by atoms with Gasteiger partial charge in [-0.1, -0.05) is 45.0 Å². The van der Waals surface area contributed by atoms with Crippen molar-refractivity contribution in [3.05, 3.63) is 70.8 Å². The van der Waals surface area contributed by atoms with E-state index in [4.69, 9.17) is 10.6 Å². The van der Waals surface area contributed by atoms with Crippen LogP contribution in [0.1, 0.15) is 63.1 Å². The summed E-state index contributed by atoms with van der Waals surface area (Å²) in [6.07, 6.45) is 2.98. The number of nitrogens with zero attached hydrogens (tertiary/aromatic N) is 1. The molecule has 0 aromatic heterocycles. The zero-order valence-electron chi connectivity index (χ0n) is 21.7. The van der Waals surface area contributed by atoms with Gasteiger partial charge in [-0.05, 0) is 66.3 Å². The van der Waals surface area contributed by atoms with Crippen LogP contribution in [-0.2, 0) is 22.2 Å². The van der Waals surface area contributed by atoms with Gasteiger partial charge in [0.05, 0.1) is 13.2 Å². The van der Waals surface area contributed by atoms with Crippen molar-refractivity contribution in [3.8, 4) is 0 Å². The van der Waals surface area contributed by atoms with Gasteiger partial charge in [-0.15, -0.1) is 0 Å². The van der Waals surface area contributed by atoms with Gasteiger partial charge in [-0.3, -0.25) is 0 Å². The molecule has 0 bridgehead atoms. The van der Waals surface area contributed by atoms with Gasteiger partial charge in [0.25, 0.3) is 0 Å². The predicted molar refractivity (Wildman–Crippen MR) is 136 cm³/mol. The lowest BCUT2D eigenvalue weighted by Gasteiger charge is -2.44. The number of hydrogen-bond donors (Lipinski definition) is 3. The van der Waals surface area contributed by atoms with E-state index >= 15 is 0 Å². The Balaban J connectivity index is 1.77. The van der Waals surface area contributed by atoms with Crippen LogP contribution >= 0.6 is 0 Å². The Kier molecular flexibility index (Phi) is 9.05. The highest BCUT2D eigenvalue weighted by molar-refractivity contribution is 5.34. The summed E-state index contributed by atoms with van der Waals surface area (Å²) in [5, 5.41) is 16.4. The van der Waals surface area contributed by atoms with E-state index in [0.29, 0.717) is 11.6 Å². The standard InChI is InChI=1S/C28H41F2N3O2/c1-27(2,3)20-7-6-8-21(16-20)28(11-9-24(10-12-28)33(4)35-5)32-18-26(34)25(31)15-19-13-22(29)17-23(30)14-19/h6-8,13-14,16-17,24-26,32,34H,9-12,15,18,31H2,1-5H3/t24?,25-,26+,28?/m0/s1. The molecule has 0 radical (unpaired) electrons. The molecule has 1 aliphatic carbocycles. The second-order valence-electron chi connectivity index (χ2n) is 11.0. The predicted octanol–water partition coefficient (Wildman–Crippen LogP) is 4.41. The maximum absolute atomic E-state index is 13.6. The van der Waals surface area contributed by atoms with E-state index in [2.05, 4.69) is 50.4 Å². The molecule has 2 aromatic carbocycles. The lowest BCUT2D eigenvalue weighted by molar-refractivity contribution is -0.151. The van der Waals surface area contributed by atoms with Gasteiger partial charge in [-0.2, -0.15) is 5.06 Å². The fourth-order valence-corrected chi connectivity index (χ4v) is 5.05. The first-order chi connectivity index (χ1) is 16.4. The molecule has 2 aromatic rings. The number of halogens is 2. The van der Waals surface area contributed by atoms with Crippen molar-refractivity contribution in [2.45, 2.75) is 82.0 Å². The molecule has 0 saturated heterocycles. The van der Waals surface area contributed by atoms with E-state index in [1.807, 2.05) is 12.1 Å². The second-order valence-corrected chi connectivity index (χ2v) is 11.0. The Hall–Kier alpha value is -1.90. The first-order valence-corrected chi connectivity index (χ1v) is 12.4. The van der Waals surface area contributed by atoms with Crippen molar-refractivity contribution in [1.29, 1.82) is 0 Å². The topological polar surface area (TPSA) is 70.8 Å². The Morgan fingerprint density at radius 1 is 1.14 bits per heavy atom. The minimum absolute atomic E-state index is 0.0206. The minimum Gasteiger partial charge on any atom is -0.390 e. The zero-order chi connectivity index (χ0) is 25.8. The molecule has 194 valence electrons. The Bertz CT molecular complexity index is 951. The highest BCUT2D eigenvalue weighted by Crippen LogP contribution is 2.40. The van der Waals surface area contributed by atoms with Crippen LogP contribution in [0.25, 0.3) is 0 Å². The average molecular weight is 490 g/mol. The van der Waals surface area contributed by atoms with Gasteiger partial charge >= 0.3 is 0 Å². The Morgan fingerprint density at radius 3 is 2.34 bits per heavy atom. The molecule has 7 heteroatoms. The number of nitrogens with one attached hydrogen (secondary N) is 1. The number of nitrogens with two attached hydrogens (primary N) is 1. The lowest BCUT2D eigenvalue weighted by atomic mass is 9.73. The van der Waals surface area contributed by atoms with E-state index in [0.717, 1.165) is 31.7 Å². The van der Waals surface area contributed by atoms with Crippen molar-refractivity contribution >= 4 is 0 Å². The molecule has 0 unspecified atom stereocenters. The third-order valence-electron chi connectivity index (χ3n) is 7.43. The number of aliphatic hydroxyl groups excluding tert-OH is 1. The second kappa shape index (κ2) is 11.4. The molecule has 35 heavy (non-hydrogen) atoms. The van der Waals surface area contributed by atoms with Crippen LogP contribution in [0, 0.1) is 11.6 Å². The van der Waals surface area contributed by atoms with Crippen LogP contribution in [-0.4, -0.2) is 49.1 Å².